The predicted molar refractivity (Wildman–Crippen MR) is 106 cm³/mol. The highest BCUT2D eigenvalue weighted by atomic mass is 35.5. The number of carbonyl (C=O) groups is 3. The zero-order valence-corrected chi connectivity index (χ0v) is 16.9. The molecule has 0 heterocycles. The number of amides is 3. The molecule has 3 amide bonds. The number of imide groups is 1. The quantitative estimate of drug-likeness (QED) is 0.667. The first-order chi connectivity index (χ1) is 13.8. The summed E-state index contributed by atoms with van der Waals surface area (Å²) in [5.74, 6) is -1.06. The SMILES string of the molecule is COc1cc(C(=O)O[C@@H](C)C(=O)NC(=O)NCc2ccccc2)cc(Cl)c1OC. The van der Waals surface area contributed by atoms with E-state index in [1.165, 1.54) is 33.3 Å². The molecule has 0 unspecified atom stereocenters. The standard InChI is InChI=1S/C20H21ClN2O6/c1-12(18(24)23-20(26)22-11-13-7-5-4-6-8-13)29-19(25)14-9-15(21)17(28-3)16(10-14)27-2/h4-10,12H,11H2,1-3H3,(H2,22,23,24,26)/t12-/m0/s1. The van der Waals surface area contributed by atoms with Gasteiger partial charge in [-0.25, -0.2) is 9.59 Å². The number of esters is 1. The van der Waals surface area contributed by atoms with Crippen molar-refractivity contribution in [1.29, 1.82) is 0 Å². The number of rotatable bonds is 7. The third kappa shape index (κ3) is 6.11. The van der Waals surface area contributed by atoms with Crippen LogP contribution in [-0.4, -0.2) is 38.2 Å². The normalized spacial score (nSPS) is 11.2. The minimum Gasteiger partial charge on any atom is -0.493 e. The lowest BCUT2D eigenvalue weighted by atomic mass is 10.2. The van der Waals surface area contributed by atoms with Crippen molar-refractivity contribution in [2.75, 3.05) is 14.2 Å². The van der Waals surface area contributed by atoms with E-state index >= 15 is 0 Å². The van der Waals surface area contributed by atoms with E-state index in [0.717, 1.165) is 5.56 Å². The summed E-state index contributed by atoms with van der Waals surface area (Å²) >= 11 is 6.07. The van der Waals surface area contributed by atoms with Gasteiger partial charge in [0.1, 0.15) is 0 Å². The van der Waals surface area contributed by atoms with Crippen LogP contribution in [0.5, 0.6) is 11.5 Å². The van der Waals surface area contributed by atoms with Crippen LogP contribution in [0.25, 0.3) is 0 Å². The molecule has 0 bridgehead atoms. The summed E-state index contributed by atoms with van der Waals surface area (Å²) in [7, 11) is 2.81. The lowest BCUT2D eigenvalue weighted by molar-refractivity contribution is -0.127. The molecule has 0 spiro atoms. The van der Waals surface area contributed by atoms with Crippen molar-refractivity contribution >= 4 is 29.5 Å². The van der Waals surface area contributed by atoms with Crippen LogP contribution >= 0.6 is 11.6 Å². The Balaban J connectivity index is 1.92. The van der Waals surface area contributed by atoms with Crippen LogP contribution in [0.1, 0.15) is 22.8 Å². The van der Waals surface area contributed by atoms with Crippen LogP contribution in [0.3, 0.4) is 0 Å². The van der Waals surface area contributed by atoms with Gasteiger partial charge in [-0.05, 0) is 24.6 Å². The van der Waals surface area contributed by atoms with Gasteiger partial charge in [0, 0.05) is 6.54 Å². The van der Waals surface area contributed by atoms with E-state index in [2.05, 4.69) is 10.6 Å². The van der Waals surface area contributed by atoms with Crippen molar-refractivity contribution in [3.05, 3.63) is 58.6 Å². The third-order valence-electron chi connectivity index (χ3n) is 3.85. The summed E-state index contributed by atoms with van der Waals surface area (Å²) in [5.41, 5.74) is 0.945. The van der Waals surface area contributed by atoms with Crippen molar-refractivity contribution in [2.45, 2.75) is 19.6 Å². The summed E-state index contributed by atoms with van der Waals surface area (Å²) in [6.45, 7) is 1.60. The van der Waals surface area contributed by atoms with E-state index in [-0.39, 0.29) is 28.6 Å². The fourth-order valence-electron chi connectivity index (χ4n) is 2.35. The minimum absolute atomic E-state index is 0.0702. The van der Waals surface area contributed by atoms with Crippen molar-refractivity contribution in [2.24, 2.45) is 0 Å². The lowest BCUT2D eigenvalue weighted by Crippen LogP contribution is -2.44. The Labute approximate surface area is 173 Å². The minimum atomic E-state index is -1.21. The number of benzene rings is 2. The first-order valence-corrected chi connectivity index (χ1v) is 8.98. The summed E-state index contributed by atoms with van der Waals surface area (Å²) in [6, 6.07) is 11.2. The summed E-state index contributed by atoms with van der Waals surface area (Å²) in [5, 5.41) is 4.82. The molecule has 154 valence electrons. The van der Waals surface area contributed by atoms with E-state index in [1.807, 2.05) is 30.3 Å². The number of ether oxygens (including phenoxy) is 3. The maximum Gasteiger partial charge on any atom is 0.339 e. The number of halogens is 1. The van der Waals surface area contributed by atoms with Crippen molar-refractivity contribution in [3.8, 4) is 11.5 Å². The van der Waals surface area contributed by atoms with Gasteiger partial charge < -0.3 is 19.5 Å². The van der Waals surface area contributed by atoms with Crippen LogP contribution in [-0.2, 0) is 16.1 Å². The van der Waals surface area contributed by atoms with Crippen LogP contribution in [0.2, 0.25) is 5.02 Å². The molecule has 1 atom stereocenters. The Morgan fingerprint density at radius 2 is 1.76 bits per heavy atom. The van der Waals surface area contributed by atoms with Gasteiger partial charge in [0.05, 0.1) is 24.8 Å². The summed E-state index contributed by atoms with van der Waals surface area (Å²) < 4.78 is 15.3. The molecule has 2 aromatic carbocycles. The molecular weight excluding hydrogens is 400 g/mol. The van der Waals surface area contributed by atoms with Gasteiger partial charge in [0.15, 0.2) is 17.6 Å². The molecule has 0 aromatic heterocycles. The molecule has 0 saturated carbocycles. The Hall–Kier alpha value is -3.26. The lowest BCUT2D eigenvalue weighted by Gasteiger charge is -2.15. The maximum atomic E-state index is 12.3. The topological polar surface area (TPSA) is 103 Å². The van der Waals surface area contributed by atoms with Crippen molar-refractivity contribution in [1.82, 2.24) is 10.6 Å². The molecule has 8 nitrogen and oxygen atoms in total. The summed E-state index contributed by atoms with van der Waals surface area (Å²) in [6.07, 6.45) is -1.21. The number of carbonyl (C=O) groups excluding carboxylic acids is 3. The zero-order chi connectivity index (χ0) is 21.4. The van der Waals surface area contributed by atoms with E-state index < -0.39 is 24.0 Å². The highest BCUT2D eigenvalue weighted by Gasteiger charge is 2.22. The zero-order valence-electron chi connectivity index (χ0n) is 16.2. The molecule has 0 fully saturated rings. The molecule has 0 aliphatic rings. The number of methoxy groups -OCH3 is 2. The molecule has 2 rings (SSSR count). The maximum absolute atomic E-state index is 12.3. The van der Waals surface area contributed by atoms with Gasteiger partial charge in [-0.3, -0.25) is 10.1 Å². The second-order valence-corrected chi connectivity index (χ2v) is 6.31. The number of nitrogens with one attached hydrogen (secondary N) is 2. The molecule has 2 N–H and O–H groups in total. The van der Waals surface area contributed by atoms with Gasteiger partial charge in [-0.1, -0.05) is 41.9 Å². The molecule has 0 aliphatic carbocycles. The van der Waals surface area contributed by atoms with E-state index in [1.54, 1.807) is 0 Å². The average molecular weight is 421 g/mol. The molecule has 0 saturated heterocycles. The Bertz CT molecular complexity index is 888. The molecule has 9 heteroatoms. The van der Waals surface area contributed by atoms with E-state index in [0.29, 0.717) is 0 Å². The monoisotopic (exact) mass is 420 g/mol. The Morgan fingerprint density at radius 3 is 2.38 bits per heavy atom. The molecule has 0 aliphatic heterocycles. The first kappa shape index (κ1) is 22.0. The fraction of sp³-hybridized carbons (Fsp3) is 0.250. The van der Waals surface area contributed by atoms with Crippen LogP contribution in [0.4, 0.5) is 4.79 Å². The van der Waals surface area contributed by atoms with Crippen LogP contribution in [0, 0.1) is 0 Å². The largest absolute Gasteiger partial charge is 0.493 e. The van der Waals surface area contributed by atoms with Crippen LogP contribution < -0.4 is 20.1 Å². The highest BCUT2D eigenvalue weighted by molar-refractivity contribution is 6.32. The van der Waals surface area contributed by atoms with Gasteiger partial charge in [-0.2, -0.15) is 0 Å². The number of hydrogen-bond donors (Lipinski definition) is 2. The third-order valence-corrected chi connectivity index (χ3v) is 4.14. The van der Waals surface area contributed by atoms with Gasteiger partial charge in [0.2, 0.25) is 0 Å². The molecule has 2 aromatic rings. The number of hydrogen-bond acceptors (Lipinski definition) is 6. The van der Waals surface area contributed by atoms with Gasteiger partial charge in [-0.15, -0.1) is 0 Å². The number of urea groups is 1. The molecule has 29 heavy (non-hydrogen) atoms. The average Bonchev–Trinajstić information content (AvgIpc) is 2.72. The second-order valence-electron chi connectivity index (χ2n) is 5.90. The second kappa shape index (κ2) is 10.3. The highest BCUT2D eigenvalue weighted by Crippen LogP contribution is 2.36. The smallest absolute Gasteiger partial charge is 0.339 e. The fourth-order valence-corrected chi connectivity index (χ4v) is 2.64. The van der Waals surface area contributed by atoms with Crippen molar-refractivity contribution < 1.29 is 28.6 Å². The van der Waals surface area contributed by atoms with Crippen molar-refractivity contribution in [3.63, 3.8) is 0 Å². The Morgan fingerprint density at radius 1 is 1.07 bits per heavy atom. The van der Waals surface area contributed by atoms with E-state index in [4.69, 9.17) is 25.8 Å². The molecule has 0 radical (unpaired) electrons. The van der Waals surface area contributed by atoms with Gasteiger partial charge in [0.25, 0.3) is 5.91 Å². The van der Waals surface area contributed by atoms with E-state index in [9.17, 15) is 14.4 Å². The molecular formula is C20H21ClN2O6. The Kier molecular flexibility index (Phi) is 7.85. The first-order valence-electron chi connectivity index (χ1n) is 8.60. The van der Waals surface area contributed by atoms with Crippen LogP contribution in [0.15, 0.2) is 42.5 Å². The predicted octanol–water partition coefficient (Wildman–Crippen LogP) is 2.93. The van der Waals surface area contributed by atoms with Gasteiger partial charge >= 0.3 is 12.0 Å². The summed E-state index contributed by atoms with van der Waals surface area (Å²) in [4.78, 5) is 36.3.